The fourth-order valence-electron chi connectivity index (χ4n) is 4.99. The van der Waals surface area contributed by atoms with E-state index in [9.17, 15) is 9.59 Å². The SMILES string of the molecule is CC/C=C\C/C=C\C(/C=C\CCCCCC(=O)O)OC(=O)CCCCCCCCCCC/C=C\C/C=C\CCCCCCC. The quantitative estimate of drug-likeness (QED) is 0.0466. The lowest BCUT2D eigenvalue weighted by Gasteiger charge is -2.11. The Morgan fingerprint density at radius 1 is 0.523 bits per heavy atom. The summed E-state index contributed by atoms with van der Waals surface area (Å²) in [6, 6.07) is 0. The van der Waals surface area contributed by atoms with Crippen LogP contribution in [-0.2, 0) is 14.3 Å². The summed E-state index contributed by atoms with van der Waals surface area (Å²) in [6.07, 6.45) is 48.6. The summed E-state index contributed by atoms with van der Waals surface area (Å²) in [4.78, 5) is 23.1. The molecule has 0 aliphatic heterocycles. The number of carboxylic acid groups (broad SMARTS) is 1. The smallest absolute Gasteiger partial charge is 0.306 e. The number of carbonyl (C=O) groups excluding carboxylic acids is 1. The molecule has 44 heavy (non-hydrogen) atoms. The van der Waals surface area contributed by atoms with E-state index >= 15 is 0 Å². The van der Waals surface area contributed by atoms with E-state index < -0.39 is 5.97 Å². The topological polar surface area (TPSA) is 63.6 Å². The number of carboxylic acids is 1. The zero-order valence-electron chi connectivity index (χ0n) is 28.7. The van der Waals surface area contributed by atoms with Crippen molar-refractivity contribution in [3.63, 3.8) is 0 Å². The predicted octanol–water partition coefficient (Wildman–Crippen LogP) is 12.6. The van der Waals surface area contributed by atoms with Gasteiger partial charge in [0.15, 0.2) is 0 Å². The third-order valence-corrected chi connectivity index (χ3v) is 7.69. The van der Waals surface area contributed by atoms with Gasteiger partial charge in [-0.2, -0.15) is 0 Å². The van der Waals surface area contributed by atoms with Gasteiger partial charge in [0, 0.05) is 12.8 Å². The van der Waals surface area contributed by atoms with Crippen molar-refractivity contribution in [2.75, 3.05) is 0 Å². The summed E-state index contributed by atoms with van der Waals surface area (Å²) >= 11 is 0. The first-order valence-electron chi connectivity index (χ1n) is 18.3. The number of carbonyl (C=O) groups is 2. The molecule has 252 valence electrons. The van der Waals surface area contributed by atoms with Crippen LogP contribution in [0.2, 0.25) is 0 Å². The summed E-state index contributed by atoms with van der Waals surface area (Å²) in [6.45, 7) is 4.38. The fourth-order valence-corrected chi connectivity index (χ4v) is 4.99. The molecule has 0 aromatic heterocycles. The molecule has 0 amide bonds. The van der Waals surface area contributed by atoms with Gasteiger partial charge < -0.3 is 9.84 Å². The van der Waals surface area contributed by atoms with E-state index in [1.54, 1.807) is 0 Å². The third-order valence-electron chi connectivity index (χ3n) is 7.69. The number of hydrogen-bond acceptors (Lipinski definition) is 3. The number of esters is 1. The minimum atomic E-state index is -0.735. The minimum absolute atomic E-state index is 0.127. The van der Waals surface area contributed by atoms with E-state index in [4.69, 9.17) is 9.84 Å². The molecular formula is C40H68O4. The highest BCUT2D eigenvalue weighted by Gasteiger charge is 2.08. The zero-order chi connectivity index (χ0) is 32.2. The zero-order valence-corrected chi connectivity index (χ0v) is 28.7. The third kappa shape index (κ3) is 34.1. The number of rotatable bonds is 32. The first kappa shape index (κ1) is 41.6. The van der Waals surface area contributed by atoms with E-state index in [1.165, 1.54) is 89.9 Å². The summed E-state index contributed by atoms with van der Waals surface area (Å²) in [7, 11) is 0. The lowest BCUT2D eigenvalue weighted by molar-refractivity contribution is -0.145. The summed E-state index contributed by atoms with van der Waals surface area (Å²) < 4.78 is 5.74. The molecule has 0 saturated heterocycles. The number of hydrogen-bond donors (Lipinski definition) is 1. The molecule has 1 atom stereocenters. The molecule has 1 unspecified atom stereocenters. The van der Waals surface area contributed by atoms with Gasteiger partial charge in [0.1, 0.15) is 6.10 Å². The summed E-state index contributed by atoms with van der Waals surface area (Å²) in [5, 5.41) is 8.74. The van der Waals surface area contributed by atoms with Crippen LogP contribution in [0.5, 0.6) is 0 Å². The predicted molar refractivity (Wildman–Crippen MR) is 190 cm³/mol. The average molecular weight is 613 g/mol. The van der Waals surface area contributed by atoms with Crippen LogP contribution in [0, 0.1) is 0 Å². The van der Waals surface area contributed by atoms with Crippen LogP contribution in [0.3, 0.4) is 0 Å². The molecule has 0 spiro atoms. The van der Waals surface area contributed by atoms with Gasteiger partial charge in [0.25, 0.3) is 0 Å². The van der Waals surface area contributed by atoms with Crippen molar-refractivity contribution in [3.05, 3.63) is 60.8 Å². The van der Waals surface area contributed by atoms with Gasteiger partial charge >= 0.3 is 11.9 Å². The van der Waals surface area contributed by atoms with Crippen LogP contribution in [0.25, 0.3) is 0 Å². The Balaban J connectivity index is 3.86. The van der Waals surface area contributed by atoms with E-state index in [2.05, 4.69) is 56.4 Å². The van der Waals surface area contributed by atoms with Crippen molar-refractivity contribution in [1.29, 1.82) is 0 Å². The monoisotopic (exact) mass is 613 g/mol. The molecule has 0 heterocycles. The Labute approximate surface area is 272 Å². The molecule has 0 bridgehead atoms. The normalized spacial score (nSPS) is 13.0. The van der Waals surface area contributed by atoms with Crippen LogP contribution in [0.4, 0.5) is 0 Å². The molecule has 4 heteroatoms. The summed E-state index contributed by atoms with van der Waals surface area (Å²) in [5.41, 5.74) is 0. The molecule has 0 rings (SSSR count). The van der Waals surface area contributed by atoms with E-state index in [0.717, 1.165) is 51.4 Å². The maximum absolute atomic E-state index is 12.5. The second-order valence-electron chi connectivity index (χ2n) is 12.0. The average Bonchev–Trinajstić information content (AvgIpc) is 3.00. The van der Waals surface area contributed by atoms with Crippen molar-refractivity contribution in [1.82, 2.24) is 0 Å². The van der Waals surface area contributed by atoms with Gasteiger partial charge in [-0.25, -0.2) is 0 Å². The first-order valence-corrected chi connectivity index (χ1v) is 18.3. The second kappa shape index (κ2) is 35.1. The molecule has 0 aliphatic carbocycles. The van der Waals surface area contributed by atoms with Gasteiger partial charge in [0.2, 0.25) is 0 Å². The lowest BCUT2D eigenvalue weighted by Crippen LogP contribution is -2.13. The van der Waals surface area contributed by atoms with E-state index in [1.807, 2.05) is 18.2 Å². The highest BCUT2D eigenvalue weighted by Crippen LogP contribution is 2.13. The number of ether oxygens (including phenoxy) is 1. The van der Waals surface area contributed by atoms with Crippen molar-refractivity contribution in [3.8, 4) is 0 Å². The molecule has 0 saturated carbocycles. The first-order chi connectivity index (χ1) is 21.6. The maximum Gasteiger partial charge on any atom is 0.306 e. The van der Waals surface area contributed by atoms with Gasteiger partial charge in [-0.05, 0) is 82.8 Å². The van der Waals surface area contributed by atoms with Gasteiger partial charge in [-0.3, -0.25) is 9.59 Å². The Hall–Kier alpha value is -2.36. The van der Waals surface area contributed by atoms with Crippen LogP contribution < -0.4 is 0 Å². The standard InChI is InChI=1S/C40H68O4/c1-3-5-7-9-10-11-12-13-14-15-16-17-18-19-20-21-22-23-24-29-33-37-40(43)44-38(34-30-26-8-6-4-2)35-31-27-25-28-32-36-39(41)42/h6,8,12-13,15-16,30-31,34-35,38H,3-5,7,9-11,14,17-29,32-33,36-37H2,1-2H3,(H,41,42)/b8-6-,13-12-,16-15-,34-30-,35-31-. The molecule has 0 fully saturated rings. The largest absolute Gasteiger partial charge is 0.481 e. The van der Waals surface area contributed by atoms with Crippen LogP contribution in [0.15, 0.2) is 60.8 Å². The molecule has 0 aliphatic rings. The Kier molecular flexibility index (Phi) is 33.2. The maximum atomic E-state index is 12.5. The lowest BCUT2D eigenvalue weighted by atomic mass is 10.1. The minimum Gasteiger partial charge on any atom is -0.481 e. The second-order valence-corrected chi connectivity index (χ2v) is 12.0. The van der Waals surface area contributed by atoms with Crippen LogP contribution in [0.1, 0.15) is 174 Å². The number of aliphatic carboxylic acids is 1. The van der Waals surface area contributed by atoms with Crippen molar-refractivity contribution >= 4 is 11.9 Å². The van der Waals surface area contributed by atoms with Gasteiger partial charge in [0.05, 0.1) is 0 Å². The number of unbranched alkanes of at least 4 members (excludes halogenated alkanes) is 17. The molecule has 4 nitrogen and oxygen atoms in total. The molecule has 1 N–H and O–H groups in total. The Bertz CT molecular complexity index is 789. The Morgan fingerprint density at radius 3 is 1.57 bits per heavy atom. The molecule has 0 aromatic carbocycles. The van der Waals surface area contributed by atoms with E-state index in [0.29, 0.717) is 12.8 Å². The highest BCUT2D eigenvalue weighted by molar-refractivity contribution is 5.69. The van der Waals surface area contributed by atoms with Crippen molar-refractivity contribution < 1.29 is 19.4 Å². The van der Waals surface area contributed by atoms with E-state index in [-0.39, 0.29) is 18.5 Å². The highest BCUT2D eigenvalue weighted by atomic mass is 16.5. The number of allylic oxidation sites excluding steroid dienone is 8. The van der Waals surface area contributed by atoms with Crippen LogP contribution >= 0.6 is 0 Å². The van der Waals surface area contributed by atoms with Crippen LogP contribution in [-0.4, -0.2) is 23.1 Å². The van der Waals surface area contributed by atoms with Gasteiger partial charge in [-0.15, -0.1) is 0 Å². The van der Waals surface area contributed by atoms with Crippen molar-refractivity contribution in [2.24, 2.45) is 0 Å². The molecule has 0 radical (unpaired) electrons. The summed E-state index contributed by atoms with van der Waals surface area (Å²) in [5.74, 6) is -0.862. The molecular weight excluding hydrogens is 544 g/mol. The molecule has 0 aromatic rings. The fraction of sp³-hybridized carbons (Fsp3) is 0.700. The Morgan fingerprint density at radius 2 is 0.977 bits per heavy atom. The van der Waals surface area contributed by atoms with Crippen molar-refractivity contribution in [2.45, 2.75) is 180 Å². The van der Waals surface area contributed by atoms with Gasteiger partial charge in [-0.1, -0.05) is 140 Å².